The Morgan fingerprint density at radius 1 is 0.824 bits per heavy atom. The quantitative estimate of drug-likeness (QED) is 0.731. The van der Waals surface area contributed by atoms with E-state index < -0.39 is 0 Å². The van der Waals surface area contributed by atoms with Crippen molar-refractivity contribution in [1.29, 1.82) is 0 Å². The van der Waals surface area contributed by atoms with Crippen LogP contribution < -0.4 is 0 Å². The lowest BCUT2D eigenvalue weighted by Crippen LogP contribution is -2.45. The first-order valence-electron chi connectivity index (χ1n) is 7.15. The lowest BCUT2D eigenvalue weighted by molar-refractivity contribution is -0.133. The van der Waals surface area contributed by atoms with Crippen molar-refractivity contribution in [3.8, 4) is 0 Å². The molecular weight excluding hydrogens is 212 g/mol. The van der Waals surface area contributed by atoms with Gasteiger partial charge in [0.05, 0.1) is 12.2 Å². The fourth-order valence-electron chi connectivity index (χ4n) is 3.25. The number of ether oxygens (including phenoxy) is 2. The molecule has 0 N–H and O–H groups in total. The predicted octanol–water partition coefficient (Wildman–Crippen LogP) is 3.79. The number of rotatable bonds is 2. The van der Waals surface area contributed by atoms with E-state index >= 15 is 0 Å². The molecule has 17 heavy (non-hydrogen) atoms. The predicted molar refractivity (Wildman–Crippen MR) is 70.1 cm³/mol. The molecule has 0 aliphatic carbocycles. The molecule has 0 unspecified atom stereocenters. The summed E-state index contributed by atoms with van der Waals surface area (Å²) in [7, 11) is 0. The third-order valence-corrected chi connectivity index (χ3v) is 4.74. The zero-order valence-corrected chi connectivity index (χ0v) is 11.9. The lowest BCUT2D eigenvalue weighted by Gasteiger charge is -2.45. The van der Waals surface area contributed by atoms with Gasteiger partial charge in [-0.2, -0.15) is 0 Å². The molecule has 0 radical (unpaired) electrons. The van der Waals surface area contributed by atoms with Crippen molar-refractivity contribution in [2.24, 2.45) is 10.8 Å². The largest absolute Gasteiger partial charge is 0.378 e. The van der Waals surface area contributed by atoms with Crippen molar-refractivity contribution < 1.29 is 9.47 Å². The van der Waals surface area contributed by atoms with Crippen LogP contribution in [0.5, 0.6) is 0 Å². The van der Waals surface area contributed by atoms with Gasteiger partial charge in [-0.3, -0.25) is 0 Å². The standard InChI is InChI=1S/C15H28O2/c1-14(2)7-5-9-16-12(14)11-13-15(3,4)8-6-10-17-13/h12-13H,5-11H2,1-4H3/t12-,13-/m1/s1. The van der Waals surface area contributed by atoms with E-state index in [1.165, 1.54) is 25.7 Å². The molecule has 0 aromatic heterocycles. The lowest BCUT2D eigenvalue weighted by atomic mass is 9.72. The molecule has 0 bridgehead atoms. The molecule has 0 aromatic carbocycles. The van der Waals surface area contributed by atoms with Gasteiger partial charge in [0, 0.05) is 19.6 Å². The Morgan fingerprint density at radius 2 is 1.24 bits per heavy atom. The summed E-state index contributed by atoms with van der Waals surface area (Å²) in [5.74, 6) is 0. The molecule has 0 saturated carbocycles. The normalized spacial score (nSPS) is 36.7. The highest BCUT2D eigenvalue weighted by atomic mass is 16.5. The molecule has 2 heterocycles. The second-order valence-corrected chi connectivity index (χ2v) is 7.14. The molecule has 2 fully saturated rings. The van der Waals surface area contributed by atoms with E-state index in [-0.39, 0.29) is 0 Å². The molecule has 2 aliphatic heterocycles. The van der Waals surface area contributed by atoms with E-state index in [1.54, 1.807) is 0 Å². The van der Waals surface area contributed by atoms with Gasteiger partial charge in [-0.15, -0.1) is 0 Å². The van der Waals surface area contributed by atoms with E-state index in [1.807, 2.05) is 0 Å². The minimum atomic E-state index is 0.315. The molecule has 2 atom stereocenters. The topological polar surface area (TPSA) is 18.5 Å². The summed E-state index contributed by atoms with van der Waals surface area (Å²) in [6, 6.07) is 0. The first-order chi connectivity index (χ1) is 7.92. The third-order valence-electron chi connectivity index (χ3n) is 4.74. The Bertz CT molecular complexity index is 232. The molecule has 0 amide bonds. The zero-order chi connectivity index (χ0) is 12.5. The molecular formula is C15H28O2. The average Bonchev–Trinajstić information content (AvgIpc) is 2.23. The Morgan fingerprint density at radius 3 is 1.59 bits per heavy atom. The van der Waals surface area contributed by atoms with E-state index in [0.29, 0.717) is 23.0 Å². The van der Waals surface area contributed by atoms with Gasteiger partial charge in [-0.05, 0) is 36.5 Å². The maximum absolute atomic E-state index is 6.01. The summed E-state index contributed by atoms with van der Waals surface area (Å²) in [6.07, 6.45) is 6.80. The number of hydrogen-bond acceptors (Lipinski definition) is 2. The summed E-state index contributed by atoms with van der Waals surface area (Å²) in [6.45, 7) is 11.2. The van der Waals surface area contributed by atoms with Gasteiger partial charge in [0.25, 0.3) is 0 Å². The van der Waals surface area contributed by atoms with Crippen LogP contribution in [0.1, 0.15) is 59.8 Å². The molecule has 2 rings (SSSR count). The van der Waals surface area contributed by atoms with E-state index in [4.69, 9.17) is 9.47 Å². The highest BCUT2D eigenvalue weighted by Crippen LogP contribution is 2.41. The van der Waals surface area contributed by atoms with Gasteiger partial charge < -0.3 is 9.47 Å². The van der Waals surface area contributed by atoms with Crippen LogP contribution in [-0.2, 0) is 9.47 Å². The Hall–Kier alpha value is -0.0800. The maximum Gasteiger partial charge on any atom is 0.0650 e. The van der Waals surface area contributed by atoms with Crippen LogP contribution in [0.4, 0.5) is 0 Å². The van der Waals surface area contributed by atoms with Gasteiger partial charge in [-0.25, -0.2) is 0 Å². The van der Waals surface area contributed by atoms with Crippen molar-refractivity contribution in [3.05, 3.63) is 0 Å². The molecule has 2 aliphatic rings. The maximum atomic E-state index is 6.01. The second-order valence-electron chi connectivity index (χ2n) is 7.14. The molecule has 2 heteroatoms. The van der Waals surface area contributed by atoms with Crippen LogP contribution in [-0.4, -0.2) is 25.4 Å². The molecule has 2 saturated heterocycles. The summed E-state index contributed by atoms with van der Waals surface area (Å²) >= 11 is 0. The van der Waals surface area contributed by atoms with Crippen LogP contribution in [0.2, 0.25) is 0 Å². The van der Waals surface area contributed by atoms with Crippen LogP contribution in [0.3, 0.4) is 0 Å². The monoisotopic (exact) mass is 240 g/mol. The number of hydrogen-bond donors (Lipinski definition) is 0. The minimum Gasteiger partial charge on any atom is -0.378 e. The smallest absolute Gasteiger partial charge is 0.0650 e. The summed E-state index contributed by atoms with van der Waals surface area (Å²) in [5.41, 5.74) is 0.629. The van der Waals surface area contributed by atoms with Crippen LogP contribution in [0.15, 0.2) is 0 Å². The average molecular weight is 240 g/mol. The molecule has 2 nitrogen and oxygen atoms in total. The van der Waals surface area contributed by atoms with Crippen molar-refractivity contribution in [2.45, 2.75) is 72.0 Å². The van der Waals surface area contributed by atoms with Gasteiger partial charge in [-0.1, -0.05) is 27.7 Å². The molecule has 0 spiro atoms. The Balaban J connectivity index is 1.99. The summed E-state index contributed by atoms with van der Waals surface area (Å²) in [5, 5.41) is 0. The van der Waals surface area contributed by atoms with Crippen molar-refractivity contribution in [1.82, 2.24) is 0 Å². The van der Waals surface area contributed by atoms with Crippen molar-refractivity contribution >= 4 is 0 Å². The van der Waals surface area contributed by atoms with Crippen LogP contribution >= 0.6 is 0 Å². The molecule has 100 valence electrons. The van der Waals surface area contributed by atoms with Crippen molar-refractivity contribution in [2.75, 3.05) is 13.2 Å². The highest BCUT2D eigenvalue weighted by Gasteiger charge is 2.40. The first-order valence-corrected chi connectivity index (χ1v) is 7.15. The van der Waals surface area contributed by atoms with Gasteiger partial charge in [0.2, 0.25) is 0 Å². The van der Waals surface area contributed by atoms with Crippen LogP contribution in [0.25, 0.3) is 0 Å². The van der Waals surface area contributed by atoms with E-state index in [9.17, 15) is 0 Å². The fourth-order valence-corrected chi connectivity index (χ4v) is 3.25. The SMILES string of the molecule is CC1(C)CCCO[C@@H]1C[C@H]1OCCCC1(C)C. The minimum absolute atomic E-state index is 0.315. The zero-order valence-electron chi connectivity index (χ0n) is 11.9. The van der Waals surface area contributed by atoms with Gasteiger partial charge in [0.1, 0.15) is 0 Å². The Labute approximate surface area is 106 Å². The third kappa shape index (κ3) is 3.03. The summed E-state index contributed by atoms with van der Waals surface area (Å²) < 4.78 is 12.0. The van der Waals surface area contributed by atoms with Crippen molar-refractivity contribution in [3.63, 3.8) is 0 Å². The Kier molecular flexibility index (Phi) is 3.84. The van der Waals surface area contributed by atoms with Gasteiger partial charge in [0.15, 0.2) is 0 Å². The van der Waals surface area contributed by atoms with Crippen LogP contribution in [0, 0.1) is 10.8 Å². The fraction of sp³-hybridized carbons (Fsp3) is 1.00. The second kappa shape index (κ2) is 4.89. The highest BCUT2D eigenvalue weighted by molar-refractivity contribution is 4.90. The van der Waals surface area contributed by atoms with Gasteiger partial charge >= 0.3 is 0 Å². The molecule has 0 aromatic rings. The first kappa shape index (κ1) is 13.4. The van der Waals surface area contributed by atoms with E-state index in [2.05, 4.69) is 27.7 Å². The van der Waals surface area contributed by atoms with E-state index in [0.717, 1.165) is 19.6 Å². The summed E-state index contributed by atoms with van der Waals surface area (Å²) in [4.78, 5) is 0.